The Morgan fingerprint density at radius 3 is 2.45 bits per heavy atom. The second kappa shape index (κ2) is 10.7. The molecule has 182 valence electrons. The van der Waals surface area contributed by atoms with Gasteiger partial charge in [-0.05, 0) is 39.0 Å². The Morgan fingerprint density at radius 2 is 1.79 bits per heavy atom. The smallest absolute Gasteiger partial charge is 0.330 e. The van der Waals surface area contributed by atoms with Crippen LogP contribution in [0.2, 0.25) is 0 Å². The standard InChI is InChI=1S/C24H38N6O3/c1-3-5-13-30-21-20(23(32)27-24(30)33)29(4-2)19(26-21)16-28-14-11-18(12-15-28)25-22(31)17-9-7-6-8-10-17/h17-18H,3-16H2,1-2H3,(H,25,31)(H,27,32,33). The molecule has 1 saturated carbocycles. The number of hydrogen-bond acceptors (Lipinski definition) is 5. The first-order valence-corrected chi connectivity index (χ1v) is 12.8. The molecule has 1 saturated heterocycles. The van der Waals surface area contributed by atoms with Gasteiger partial charge in [-0.3, -0.25) is 24.0 Å². The van der Waals surface area contributed by atoms with E-state index in [1.165, 1.54) is 19.3 Å². The van der Waals surface area contributed by atoms with Crippen LogP contribution in [0.3, 0.4) is 0 Å². The van der Waals surface area contributed by atoms with E-state index in [9.17, 15) is 14.4 Å². The molecule has 3 heterocycles. The Morgan fingerprint density at radius 1 is 1.06 bits per heavy atom. The number of aryl methyl sites for hydroxylation is 2. The molecular formula is C24H38N6O3. The van der Waals surface area contributed by atoms with E-state index in [0.717, 1.165) is 57.4 Å². The number of carbonyl (C=O) groups excluding carboxylic acids is 1. The van der Waals surface area contributed by atoms with E-state index in [2.05, 4.69) is 22.1 Å². The number of nitrogens with one attached hydrogen (secondary N) is 2. The summed E-state index contributed by atoms with van der Waals surface area (Å²) in [7, 11) is 0. The highest BCUT2D eigenvalue weighted by atomic mass is 16.2. The number of rotatable bonds is 8. The summed E-state index contributed by atoms with van der Waals surface area (Å²) in [5, 5.41) is 3.29. The summed E-state index contributed by atoms with van der Waals surface area (Å²) in [6.45, 7) is 7.63. The number of fused-ring (bicyclic) bond motifs is 1. The minimum atomic E-state index is -0.386. The number of piperidine rings is 1. The SMILES string of the molecule is CCCCn1c(=O)[nH]c(=O)c2c1nc(CN1CCC(NC(=O)C3CCCCC3)CC1)n2CC. The normalized spacial score (nSPS) is 18.7. The molecule has 0 bridgehead atoms. The minimum absolute atomic E-state index is 0.199. The lowest BCUT2D eigenvalue weighted by atomic mass is 9.88. The molecule has 0 unspecified atom stereocenters. The van der Waals surface area contributed by atoms with Crippen LogP contribution in [0.4, 0.5) is 0 Å². The quantitative estimate of drug-likeness (QED) is 0.632. The van der Waals surface area contributed by atoms with Crippen LogP contribution in [0.1, 0.15) is 77.5 Å². The highest BCUT2D eigenvalue weighted by Crippen LogP contribution is 2.24. The zero-order valence-corrected chi connectivity index (χ0v) is 20.1. The average Bonchev–Trinajstić information content (AvgIpc) is 3.19. The van der Waals surface area contributed by atoms with Crippen molar-refractivity contribution >= 4 is 17.1 Å². The van der Waals surface area contributed by atoms with E-state index < -0.39 is 0 Å². The second-order valence-electron chi connectivity index (χ2n) is 9.60. The number of H-pyrrole nitrogens is 1. The van der Waals surface area contributed by atoms with Crippen molar-refractivity contribution < 1.29 is 4.79 Å². The molecule has 9 nitrogen and oxygen atoms in total. The fourth-order valence-corrected chi connectivity index (χ4v) is 5.32. The monoisotopic (exact) mass is 458 g/mol. The van der Waals surface area contributed by atoms with Gasteiger partial charge in [0, 0.05) is 38.1 Å². The van der Waals surface area contributed by atoms with Crippen molar-refractivity contribution in [2.45, 2.75) is 97.3 Å². The lowest BCUT2D eigenvalue weighted by Gasteiger charge is -2.33. The van der Waals surface area contributed by atoms with Gasteiger partial charge in [-0.25, -0.2) is 9.78 Å². The van der Waals surface area contributed by atoms with Crippen LogP contribution in [-0.2, 0) is 24.4 Å². The van der Waals surface area contributed by atoms with Gasteiger partial charge >= 0.3 is 5.69 Å². The fourth-order valence-electron chi connectivity index (χ4n) is 5.32. The van der Waals surface area contributed by atoms with E-state index >= 15 is 0 Å². The van der Waals surface area contributed by atoms with Crippen molar-refractivity contribution in [2.75, 3.05) is 13.1 Å². The highest BCUT2D eigenvalue weighted by molar-refractivity contribution is 5.79. The lowest BCUT2D eigenvalue weighted by molar-refractivity contribution is -0.127. The molecule has 2 aliphatic rings. The van der Waals surface area contributed by atoms with E-state index in [4.69, 9.17) is 4.98 Å². The van der Waals surface area contributed by atoms with Gasteiger partial charge in [0.15, 0.2) is 11.2 Å². The first-order valence-electron chi connectivity index (χ1n) is 12.8. The lowest BCUT2D eigenvalue weighted by Crippen LogP contribution is -2.46. The topological polar surface area (TPSA) is 105 Å². The van der Waals surface area contributed by atoms with Crippen molar-refractivity contribution in [1.82, 2.24) is 29.3 Å². The summed E-state index contributed by atoms with van der Waals surface area (Å²) >= 11 is 0. The summed E-state index contributed by atoms with van der Waals surface area (Å²) in [6, 6.07) is 0.239. The maximum Gasteiger partial charge on any atom is 0.330 e. The van der Waals surface area contributed by atoms with Crippen molar-refractivity contribution in [3.05, 3.63) is 26.7 Å². The summed E-state index contributed by atoms with van der Waals surface area (Å²) in [4.78, 5) is 47.2. The fraction of sp³-hybridized carbons (Fsp3) is 0.750. The molecule has 1 aliphatic heterocycles. The van der Waals surface area contributed by atoms with Crippen LogP contribution < -0.4 is 16.6 Å². The van der Waals surface area contributed by atoms with Gasteiger partial charge in [0.1, 0.15) is 5.82 Å². The van der Waals surface area contributed by atoms with E-state index in [1.54, 1.807) is 4.57 Å². The maximum absolute atomic E-state index is 12.6. The first-order chi connectivity index (χ1) is 16.0. The molecule has 0 atom stereocenters. The van der Waals surface area contributed by atoms with E-state index in [-0.39, 0.29) is 29.1 Å². The maximum atomic E-state index is 12.6. The minimum Gasteiger partial charge on any atom is -0.353 e. The predicted molar refractivity (Wildman–Crippen MR) is 128 cm³/mol. The molecule has 1 amide bonds. The molecule has 2 fully saturated rings. The van der Waals surface area contributed by atoms with Crippen LogP contribution >= 0.6 is 0 Å². The molecule has 2 aromatic heterocycles. The third-order valence-electron chi connectivity index (χ3n) is 7.29. The van der Waals surface area contributed by atoms with Crippen molar-refractivity contribution in [3.63, 3.8) is 0 Å². The van der Waals surface area contributed by atoms with E-state index in [0.29, 0.717) is 30.8 Å². The van der Waals surface area contributed by atoms with Gasteiger partial charge < -0.3 is 9.88 Å². The van der Waals surface area contributed by atoms with Gasteiger partial charge in [-0.15, -0.1) is 0 Å². The molecule has 0 aromatic carbocycles. The number of aromatic nitrogens is 4. The van der Waals surface area contributed by atoms with Crippen molar-refractivity contribution in [3.8, 4) is 0 Å². The number of carbonyl (C=O) groups is 1. The Kier molecular flexibility index (Phi) is 7.67. The third kappa shape index (κ3) is 5.23. The van der Waals surface area contributed by atoms with E-state index in [1.807, 2.05) is 11.5 Å². The van der Waals surface area contributed by atoms with Crippen LogP contribution in [-0.4, -0.2) is 49.0 Å². The zero-order valence-electron chi connectivity index (χ0n) is 20.1. The number of hydrogen-bond donors (Lipinski definition) is 2. The molecule has 4 rings (SSSR count). The summed E-state index contributed by atoms with van der Waals surface area (Å²) in [6.07, 6.45) is 9.31. The summed E-state index contributed by atoms with van der Waals surface area (Å²) in [5.41, 5.74) is 0.219. The number of likely N-dealkylation sites (tertiary alicyclic amines) is 1. The number of nitrogens with zero attached hydrogens (tertiary/aromatic N) is 4. The Hall–Kier alpha value is -2.42. The van der Waals surface area contributed by atoms with Crippen molar-refractivity contribution in [1.29, 1.82) is 0 Å². The van der Waals surface area contributed by atoms with Gasteiger partial charge in [-0.1, -0.05) is 32.6 Å². The third-order valence-corrected chi connectivity index (χ3v) is 7.29. The van der Waals surface area contributed by atoms with Gasteiger partial charge in [0.2, 0.25) is 5.91 Å². The van der Waals surface area contributed by atoms with Crippen LogP contribution in [0, 0.1) is 5.92 Å². The highest BCUT2D eigenvalue weighted by Gasteiger charge is 2.27. The Balaban J connectivity index is 1.44. The molecule has 33 heavy (non-hydrogen) atoms. The largest absolute Gasteiger partial charge is 0.353 e. The van der Waals surface area contributed by atoms with Gasteiger partial charge in [0.25, 0.3) is 5.56 Å². The number of amides is 1. The number of imidazole rings is 1. The molecule has 2 N–H and O–H groups in total. The molecule has 1 aliphatic carbocycles. The Labute approximate surface area is 194 Å². The first kappa shape index (κ1) is 23.7. The summed E-state index contributed by atoms with van der Waals surface area (Å²) in [5.74, 6) is 1.26. The number of aromatic amines is 1. The molecular weight excluding hydrogens is 420 g/mol. The predicted octanol–water partition coefficient (Wildman–Crippen LogP) is 2.37. The zero-order chi connectivity index (χ0) is 23.4. The molecule has 0 radical (unpaired) electrons. The van der Waals surface area contributed by atoms with Crippen LogP contribution in [0.5, 0.6) is 0 Å². The van der Waals surface area contributed by atoms with Crippen LogP contribution in [0.25, 0.3) is 11.2 Å². The summed E-state index contributed by atoms with van der Waals surface area (Å²) < 4.78 is 3.54. The Bertz CT molecular complexity index is 1070. The van der Waals surface area contributed by atoms with Crippen molar-refractivity contribution in [2.24, 2.45) is 5.92 Å². The molecule has 2 aromatic rings. The van der Waals surface area contributed by atoms with Gasteiger partial charge in [0.05, 0.1) is 6.54 Å². The van der Waals surface area contributed by atoms with Crippen LogP contribution in [0.15, 0.2) is 9.59 Å². The second-order valence-corrected chi connectivity index (χ2v) is 9.60. The molecule has 0 spiro atoms. The molecule has 9 heteroatoms. The average molecular weight is 459 g/mol. The van der Waals surface area contributed by atoms with Gasteiger partial charge in [-0.2, -0.15) is 0 Å². The number of unbranched alkanes of at least 4 members (excludes halogenated alkanes) is 1.